The molecule has 0 spiro atoms. The van der Waals surface area contributed by atoms with Crippen LogP contribution < -0.4 is 0 Å². The Morgan fingerprint density at radius 1 is 1.46 bits per heavy atom. The maximum atomic E-state index is 9.32. The quantitative estimate of drug-likeness (QED) is 0.720. The highest BCUT2D eigenvalue weighted by atomic mass is 16.3. The summed E-state index contributed by atoms with van der Waals surface area (Å²) in [5.74, 6) is 0.301. The molecule has 0 unspecified atom stereocenters. The third kappa shape index (κ3) is 1.16. The SMILES string of the molecule is CCc1nn(C)c2ccc(O)cc12. The summed E-state index contributed by atoms with van der Waals surface area (Å²) < 4.78 is 1.84. The fourth-order valence-corrected chi connectivity index (χ4v) is 1.59. The third-order valence-corrected chi connectivity index (χ3v) is 2.25. The molecule has 0 amide bonds. The van der Waals surface area contributed by atoms with E-state index in [0.29, 0.717) is 5.75 Å². The van der Waals surface area contributed by atoms with E-state index in [4.69, 9.17) is 0 Å². The van der Waals surface area contributed by atoms with Crippen LogP contribution >= 0.6 is 0 Å². The lowest BCUT2D eigenvalue weighted by molar-refractivity contribution is 0.476. The van der Waals surface area contributed by atoms with Crippen LogP contribution in [0.2, 0.25) is 0 Å². The number of hydrogen-bond donors (Lipinski definition) is 1. The summed E-state index contributed by atoms with van der Waals surface area (Å²) in [6.45, 7) is 2.06. The van der Waals surface area contributed by atoms with Crippen LogP contribution in [0.3, 0.4) is 0 Å². The molecule has 0 bridgehead atoms. The minimum atomic E-state index is 0.301. The fourth-order valence-electron chi connectivity index (χ4n) is 1.59. The minimum Gasteiger partial charge on any atom is -0.508 e. The van der Waals surface area contributed by atoms with E-state index in [2.05, 4.69) is 12.0 Å². The Labute approximate surface area is 76.6 Å². The van der Waals surface area contributed by atoms with Crippen LogP contribution in [-0.4, -0.2) is 14.9 Å². The van der Waals surface area contributed by atoms with E-state index in [1.165, 1.54) is 0 Å². The molecule has 3 nitrogen and oxygen atoms in total. The van der Waals surface area contributed by atoms with Gasteiger partial charge in [-0.1, -0.05) is 6.92 Å². The second-order valence-electron chi connectivity index (χ2n) is 3.13. The molecular formula is C10H12N2O. The predicted octanol–water partition coefficient (Wildman–Crippen LogP) is 1.84. The van der Waals surface area contributed by atoms with Gasteiger partial charge in [-0.15, -0.1) is 0 Å². The molecule has 0 aliphatic heterocycles. The molecule has 1 heterocycles. The number of phenols is 1. The molecule has 0 aliphatic rings. The van der Waals surface area contributed by atoms with E-state index < -0.39 is 0 Å². The van der Waals surface area contributed by atoms with Gasteiger partial charge in [0.1, 0.15) is 5.75 Å². The highest BCUT2D eigenvalue weighted by molar-refractivity contribution is 5.83. The first kappa shape index (κ1) is 8.10. The van der Waals surface area contributed by atoms with Gasteiger partial charge in [0, 0.05) is 12.4 Å². The molecule has 2 rings (SSSR count). The van der Waals surface area contributed by atoms with Crippen LogP contribution in [0.15, 0.2) is 18.2 Å². The first-order valence-electron chi connectivity index (χ1n) is 4.37. The maximum Gasteiger partial charge on any atom is 0.116 e. The van der Waals surface area contributed by atoms with Crippen LogP contribution in [0.5, 0.6) is 5.75 Å². The zero-order chi connectivity index (χ0) is 9.42. The molecule has 13 heavy (non-hydrogen) atoms. The molecular weight excluding hydrogens is 164 g/mol. The number of hydrogen-bond acceptors (Lipinski definition) is 2. The number of nitrogens with zero attached hydrogens (tertiary/aromatic N) is 2. The van der Waals surface area contributed by atoms with Crippen LogP contribution in [0.25, 0.3) is 10.9 Å². The summed E-state index contributed by atoms with van der Waals surface area (Å²) in [5.41, 5.74) is 2.10. The van der Waals surface area contributed by atoms with E-state index in [1.54, 1.807) is 12.1 Å². The maximum absolute atomic E-state index is 9.32. The molecule has 0 saturated heterocycles. The van der Waals surface area contributed by atoms with Gasteiger partial charge in [-0.3, -0.25) is 4.68 Å². The van der Waals surface area contributed by atoms with E-state index in [1.807, 2.05) is 17.8 Å². The van der Waals surface area contributed by atoms with Crippen LogP contribution in [0, 0.1) is 0 Å². The number of fused-ring (bicyclic) bond motifs is 1. The summed E-state index contributed by atoms with van der Waals surface area (Å²) in [4.78, 5) is 0. The van der Waals surface area contributed by atoms with Crippen LogP contribution in [0.1, 0.15) is 12.6 Å². The van der Waals surface area contributed by atoms with Gasteiger partial charge in [-0.2, -0.15) is 5.10 Å². The van der Waals surface area contributed by atoms with Gasteiger partial charge in [-0.25, -0.2) is 0 Å². The van der Waals surface area contributed by atoms with Crippen LogP contribution in [-0.2, 0) is 13.5 Å². The number of aromatic nitrogens is 2. The lowest BCUT2D eigenvalue weighted by atomic mass is 10.2. The lowest BCUT2D eigenvalue weighted by Crippen LogP contribution is -1.90. The second kappa shape index (κ2) is 2.76. The minimum absolute atomic E-state index is 0.301. The van der Waals surface area contributed by atoms with Gasteiger partial charge in [0.05, 0.1) is 11.2 Å². The van der Waals surface area contributed by atoms with Gasteiger partial charge < -0.3 is 5.11 Å². The molecule has 0 radical (unpaired) electrons. The van der Waals surface area contributed by atoms with Crippen molar-refractivity contribution < 1.29 is 5.11 Å². The standard InChI is InChI=1S/C10H12N2O/c1-3-9-8-6-7(13)4-5-10(8)12(2)11-9/h4-6,13H,3H2,1-2H3. The van der Waals surface area contributed by atoms with Crippen molar-refractivity contribution in [2.75, 3.05) is 0 Å². The summed E-state index contributed by atoms with van der Waals surface area (Å²) in [6, 6.07) is 5.33. The van der Waals surface area contributed by atoms with E-state index in [-0.39, 0.29) is 0 Å². The Morgan fingerprint density at radius 3 is 2.92 bits per heavy atom. The molecule has 0 fully saturated rings. The summed E-state index contributed by atoms with van der Waals surface area (Å²) >= 11 is 0. The zero-order valence-corrected chi connectivity index (χ0v) is 7.78. The summed E-state index contributed by atoms with van der Waals surface area (Å²) in [7, 11) is 1.92. The number of aromatic hydroxyl groups is 1. The highest BCUT2D eigenvalue weighted by Crippen LogP contribution is 2.22. The van der Waals surface area contributed by atoms with Crippen LogP contribution in [0.4, 0.5) is 0 Å². The van der Waals surface area contributed by atoms with Crippen molar-refractivity contribution in [1.29, 1.82) is 0 Å². The Morgan fingerprint density at radius 2 is 2.23 bits per heavy atom. The molecule has 0 saturated carbocycles. The number of benzene rings is 1. The molecule has 1 N–H and O–H groups in total. The van der Waals surface area contributed by atoms with Crippen molar-refractivity contribution in [1.82, 2.24) is 9.78 Å². The van der Waals surface area contributed by atoms with E-state index in [0.717, 1.165) is 23.0 Å². The smallest absolute Gasteiger partial charge is 0.116 e. The van der Waals surface area contributed by atoms with E-state index >= 15 is 0 Å². The van der Waals surface area contributed by atoms with Crippen molar-refractivity contribution in [3.05, 3.63) is 23.9 Å². The zero-order valence-electron chi connectivity index (χ0n) is 7.78. The number of rotatable bonds is 1. The third-order valence-electron chi connectivity index (χ3n) is 2.25. The van der Waals surface area contributed by atoms with Crippen molar-refractivity contribution in [3.63, 3.8) is 0 Å². The predicted molar refractivity (Wildman–Crippen MR) is 51.8 cm³/mol. The van der Waals surface area contributed by atoms with Gasteiger partial charge in [-0.05, 0) is 24.6 Å². The number of phenolic OH excluding ortho intramolecular Hbond substituents is 1. The molecule has 68 valence electrons. The molecule has 2 aromatic rings. The summed E-state index contributed by atoms with van der Waals surface area (Å²) in [5, 5.41) is 14.7. The van der Waals surface area contributed by atoms with Gasteiger partial charge >= 0.3 is 0 Å². The average molecular weight is 176 g/mol. The first-order valence-corrected chi connectivity index (χ1v) is 4.37. The molecule has 3 heteroatoms. The molecule has 1 aromatic heterocycles. The lowest BCUT2D eigenvalue weighted by Gasteiger charge is -1.94. The summed E-state index contributed by atoms with van der Waals surface area (Å²) in [6.07, 6.45) is 0.890. The van der Waals surface area contributed by atoms with Crippen molar-refractivity contribution >= 4 is 10.9 Å². The topological polar surface area (TPSA) is 38.0 Å². The average Bonchev–Trinajstić information content (AvgIpc) is 2.42. The largest absolute Gasteiger partial charge is 0.508 e. The highest BCUT2D eigenvalue weighted by Gasteiger charge is 2.06. The Kier molecular flexibility index (Phi) is 1.72. The van der Waals surface area contributed by atoms with Gasteiger partial charge in [0.25, 0.3) is 0 Å². The fraction of sp³-hybridized carbons (Fsp3) is 0.300. The normalized spacial score (nSPS) is 10.9. The van der Waals surface area contributed by atoms with Crippen molar-refractivity contribution in [3.8, 4) is 5.75 Å². The number of aryl methyl sites for hydroxylation is 2. The molecule has 0 atom stereocenters. The molecule has 0 aliphatic carbocycles. The second-order valence-corrected chi connectivity index (χ2v) is 3.13. The van der Waals surface area contributed by atoms with E-state index in [9.17, 15) is 5.11 Å². The monoisotopic (exact) mass is 176 g/mol. The Balaban J connectivity index is 2.81. The van der Waals surface area contributed by atoms with Crippen molar-refractivity contribution in [2.24, 2.45) is 7.05 Å². The van der Waals surface area contributed by atoms with Gasteiger partial charge in [0.2, 0.25) is 0 Å². The Bertz CT molecular complexity index is 445. The first-order chi connectivity index (χ1) is 6.22. The molecule has 1 aromatic carbocycles. The Hall–Kier alpha value is -1.51. The van der Waals surface area contributed by atoms with Gasteiger partial charge in [0.15, 0.2) is 0 Å². The van der Waals surface area contributed by atoms with Crippen molar-refractivity contribution in [2.45, 2.75) is 13.3 Å².